The molecule has 0 aliphatic heterocycles. The molecule has 2 rings (SSSR count). The lowest BCUT2D eigenvalue weighted by Gasteiger charge is -2.39. The first-order valence-corrected chi connectivity index (χ1v) is 4.99. The van der Waals surface area contributed by atoms with Gasteiger partial charge in [-0.15, -0.1) is 0 Å². The van der Waals surface area contributed by atoms with Gasteiger partial charge in [-0.2, -0.15) is 0 Å². The van der Waals surface area contributed by atoms with Crippen LogP contribution in [0.15, 0.2) is 24.3 Å². The maximum atomic E-state index is 2.39. The van der Waals surface area contributed by atoms with Gasteiger partial charge in [-0.3, -0.25) is 0 Å². The van der Waals surface area contributed by atoms with Crippen LogP contribution in [0, 0.1) is 10.8 Å². The van der Waals surface area contributed by atoms with Crippen LogP contribution in [0.5, 0.6) is 0 Å². The third-order valence-corrected chi connectivity index (χ3v) is 3.50. The van der Waals surface area contributed by atoms with E-state index >= 15 is 0 Å². The van der Waals surface area contributed by atoms with Crippen molar-refractivity contribution in [3.8, 4) is 0 Å². The maximum absolute atomic E-state index is 2.39. The summed E-state index contributed by atoms with van der Waals surface area (Å²) in [6.45, 7) is 4.78. The van der Waals surface area contributed by atoms with Gasteiger partial charge in [0.25, 0.3) is 0 Å². The first-order chi connectivity index (χ1) is 5.62. The predicted octanol–water partition coefficient (Wildman–Crippen LogP) is 3.70. The van der Waals surface area contributed by atoms with E-state index in [1.54, 1.807) is 0 Å². The minimum absolute atomic E-state index is 0.468. The Bertz CT molecular complexity index is 206. The highest BCUT2D eigenvalue weighted by Crippen LogP contribution is 2.47. The summed E-state index contributed by atoms with van der Waals surface area (Å²) in [7, 11) is 0. The van der Waals surface area contributed by atoms with Gasteiger partial charge in [0.1, 0.15) is 0 Å². The van der Waals surface area contributed by atoms with E-state index in [1.165, 1.54) is 25.7 Å². The predicted molar refractivity (Wildman–Crippen MR) is 53.0 cm³/mol. The Morgan fingerprint density at radius 2 is 1.33 bits per heavy atom. The van der Waals surface area contributed by atoms with Crippen molar-refractivity contribution < 1.29 is 0 Å². The molecule has 1 saturated carbocycles. The van der Waals surface area contributed by atoms with E-state index in [4.69, 9.17) is 0 Å². The number of hydrogen-bond donors (Lipinski definition) is 0. The highest BCUT2D eigenvalue weighted by Gasteiger charge is 2.35. The second-order valence-corrected chi connectivity index (χ2v) is 5.12. The van der Waals surface area contributed by atoms with E-state index in [2.05, 4.69) is 38.2 Å². The van der Waals surface area contributed by atoms with Gasteiger partial charge in [-0.05, 0) is 31.1 Å². The molecule has 0 unspecified atom stereocenters. The van der Waals surface area contributed by atoms with Crippen LogP contribution in [0.2, 0.25) is 0 Å². The Labute approximate surface area is 75.4 Å². The van der Waals surface area contributed by atoms with Crippen LogP contribution in [-0.4, -0.2) is 0 Å². The molecule has 0 nitrogen and oxygen atoms in total. The van der Waals surface area contributed by atoms with Gasteiger partial charge in [0.2, 0.25) is 0 Å². The third-order valence-electron chi connectivity index (χ3n) is 3.50. The van der Waals surface area contributed by atoms with Crippen LogP contribution in [0.25, 0.3) is 0 Å². The largest absolute Gasteiger partial charge is 0.0745 e. The normalized spacial score (nSPS) is 29.8. The van der Waals surface area contributed by atoms with Crippen LogP contribution in [-0.2, 0) is 0 Å². The molecule has 0 radical (unpaired) electrons. The fraction of sp³-hybridized carbons (Fsp3) is 0.667. The molecule has 12 heavy (non-hydrogen) atoms. The molecule has 0 atom stereocenters. The van der Waals surface area contributed by atoms with Gasteiger partial charge >= 0.3 is 0 Å². The van der Waals surface area contributed by atoms with Gasteiger partial charge in [0, 0.05) is 5.41 Å². The molecule has 1 spiro atoms. The molecule has 0 bridgehead atoms. The summed E-state index contributed by atoms with van der Waals surface area (Å²) in [5.74, 6) is 0. The van der Waals surface area contributed by atoms with Gasteiger partial charge < -0.3 is 0 Å². The molecule has 0 aromatic carbocycles. The number of rotatable bonds is 0. The summed E-state index contributed by atoms with van der Waals surface area (Å²) in [6, 6.07) is 0. The highest BCUT2D eigenvalue weighted by atomic mass is 14.4. The van der Waals surface area contributed by atoms with Crippen LogP contribution in [0.1, 0.15) is 39.5 Å². The summed E-state index contributed by atoms with van der Waals surface area (Å²) < 4.78 is 0. The van der Waals surface area contributed by atoms with Crippen molar-refractivity contribution in [2.75, 3.05) is 0 Å². The lowest BCUT2D eigenvalue weighted by molar-refractivity contribution is 0.175. The first-order valence-electron chi connectivity index (χ1n) is 4.99. The van der Waals surface area contributed by atoms with Gasteiger partial charge in [-0.25, -0.2) is 0 Å². The zero-order valence-electron chi connectivity index (χ0n) is 8.14. The topological polar surface area (TPSA) is 0 Å². The lowest BCUT2D eigenvalue weighted by atomic mass is 9.66. The van der Waals surface area contributed by atoms with E-state index in [9.17, 15) is 0 Å². The van der Waals surface area contributed by atoms with Gasteiger partial charge in [-0.1, -0.05) is 38.2 Å². The van der Waals surface area contributed by atoms with Crippen molar-refractivity contribution in [1.29, 1.82) is 0 Å². The Hall–Kier alpha value is -0.520. The zero-order chi connectivity index (χ0) is 8.66. The summed E-state index contributed by atoms with van der Waals surface area (Å²) in [5, 5.41) is 0. The average Bonchev–Trinajstić information content (AvgIpc) is 2.46. The number of hydrogen-bond acceptors (Lipinski definition) is 0. The molecule has 0 aromatic rings. The van der Waals surface area contributed by atoms with E-state index in [-0.39, 0.29) is 0 Å². The van der Waals surface area contributed by atoms with Gasteiger partial charge in [0.15, 0.2) is 0 Å². The fourth-order valence-electron chi connectivity index (χ4n) is 2.28. The van der Waals surface area contributed by atoms with E-state index in [1.807, 2.05) is 0 Å². The molecule has 2 aliphatic rings. The van der Waals surface area contributed by atoms with Crippen LogP contribution in [0.3, 0.4) is 0 Å². The van der Waals surface area contributed by atoms with Crippen molar-refractivity contribution >= 4 is 0 Å². The second kappa shape index (κ2) is 2.48. The minimum atomic E-state index is 0.468. The Morgan fingerprint density at radius 3 is 1.83 bits per heavy atom. The van der Waals surface area contributed by atoms with E-state index in [0.29, 0.717) is 10.8 Å². The molecular weight excluding hydrogens is 144 g/mol. The zero-order valence-corrected chi connectivity index (χ0v) is 8.14. The Morgan fingerprint density at radius 1 is 0.833 bits per heavy atom. The fourth-order valence-corrected chi connectivity index (χ4v) is 2.28. The van der Waals surface area contributed by atoms with E-state index < -0.39 is 0 Å². The SMILES string of the molecule is CC1(C)CCC2(C=CC=C2)CC1. The summed E-state index contributed by atoms with van der Waals surface area (Å²) in [4.78, 5) is 0. The average molecular weight is 162 g/mol. The van der Waals surface area contributed by atoms with Crippen LogP contribution >= 0.6 is 0 Å². The van der Waals surface area contributed by atoms with Crippen LogP contribution in [0.4, 0.5) is 0 Å². The molecular formula is C12H18. The maximum Gasteiger partial charge on any atom is 0.00675 e. The summed E-state index contributed by atoms with van der Waals surface area (Å²) in [5.41, 5.74) is 1.06. The minimum Gasteiger partial charge on any atom is -0.0745 e. The first kappa shape index (κ1) is 8.10. The Kier molecular flexibility index (Phi) is 1.67. The molecule has 0 aromatic heterocycles. The van der Waals surface area contributed by atoms with Crippen molar-refractivity contribution in [2.45, 2.75) is 39.5 Å². The van der Waals surface area contributed by atoms with E-state index in [0.717, 1.165) is 0 Å². The summed E-state index contributed by atoms with van der Waals surface area (Å²) in [6.07, 6.45) is 14.7. The van der Waals surface area contributed by atoms with Gasteiger partial charge in [0.05, 0.1) is 0 Å². The smallest absolute Gasteiger partial charge is 0.00675 e. The monoisotopic (exact) mass is 162 g/mol. The van der Waals surface area contributed by atoms with Crippen molar-refractivity contribution in [1.82, 2.24) is 0 Å². The van der Waals surface area contributed by atoms with Crippen molar-refractivity contribution in [3.63, 3.8) is 0 Å². The molecule has 0 heteroatoms. The van der Waals surface area contributed by atoms with Crippen molar-refractivity contribution in [3.05, 3.63) is 24.3 Å². The molecule has 2 aliphatic carbocycles. The quantitative estimate of drug-likeness (QED) is 0.509. The lowest BCUT2D eigenvalue weighted by Crippen LogP contribution is -2.27. The second-order valence-electron chi connectivity index (χ2n) is 5.12. The third kappa shape index (κ3) is 1.35. The standard InChI is InChI=1S/C12H18/c1-11(2)7-9-12(10-8-11)5-3-4-6-12/h3-6H,7-10H2,1-2H3. The molecule has 0 N–H and O–H groups in total. The molecule has 0 amide bonds. The molecule has 66 valence electrons. The molecule has 0 saturated heterocycles. The summed E-state index contributed by atoms with van der Waals surface area (Å²) >= 11 is 0. The molecule has 0 heterocycles. The molecule has 1 fully saturated rings. The highest BCUT2D eigenvalue weighted by molar-refractivity contribution is 5.25. The number of allylic oxidation sites excluding steroid dienone is 4. The Balaban J connectivity index is 2.07. The van der Waals surface area contributed by atoms with Crippen LogP contribution < -0.4 is 0 Å². The van der Waals surface area contributed by atoms with Crippen molar-refractivity contribution in [2.24, 2.45) is 10.8 Å².